The number of likely N-dealkylation sites (N-methyl/N-ethyl adjacent to an activating group) is 1. The molecule has 3 rings (SSSR count). The molecule has 1 N–H and O–H groups in total. The lowest BCUT2D eigenvalue weighted by molar-refractivity contribution is -0.163. The number of rotatable bonds is 13. The maximum atomic E-state index is 12.8. The zero-order chi connectivity index (χ0) is 27.9. The van der Waals surface area contributed by atoms with Crippen LogP contribution in [0.15, 0.2) is 48.5 Å². The summed E-state index contributed by atoms with van der Waals surface area (Å²) >= 11 is 0. The normalized spacial score (nSPS) is 17.5. The van der Waals surface area contributed by atoms with Crippen LogP contribution in [0.25, 0.3) is 0 Å². The minimum atomic E-state index is -4.39. The van der Waals surface area contributed by atoms with Crippen LogP contribution in [0.1, 0.15) is 49.8 Å². The quantitative estimate of drug-likeness (QED) is 0.337. The van der Waals surface area contributed by atoms with Gasteiger partial charge in [-0.05, 0) is 48.7 Å². The fourth-order valence-corrected chi connectivity index (χ4v) is 4.31. The first kappa shape index (κ1) is 29.3. The van der Waals surface area contributed by atoms with E-state index in [1.807, 2.05) is 19.1 Å². The highest BCUT2D eigenvalue weighted by Crippen LogP contribution is 2.30. The Kier molecular flexibility index (Phi) is 9.65. The molecule has 38 heavy (non-hydrogen) atoms. The minimum absolute atomic E-state index is 0.0900. The molecule has 208 valence electrons. The summed E-state index contributed by atoms with van der Waals surface area (Å²) in [7, 11) is 1.70. The molecule has 0 aliphatic carbocycles. The fourth-order valence-electron chi connectivity index (χ4n) is 4.31. The third-order valence-corrected chi connectivity index (χ3v) is 6.76. The summed E-state index contributed by atoms with van der Waals surface area (Å²) in [5, 5.41) is 9.63. The van der Waals surface area contributed by atoms with Gasteiger partial charge in [-0.3, -0.25) is 0 Å². The molecule has 2 aromatic rings. The van der Waals surface area contributed by atoms with E-state index in [0.717, 1.165) is 30.5 Å². The van der Waals surface area contributed by atoms with E-state index in [-0.39, 0.29) is 25.0 Å². The number of nitrogens with zero attached hydrogens (tertiary/aromatic N) is 2. The molecule has 1 aliphatic heterocycles. The van der Waals surface area contributed by atoms with Crippen LogP contribution in [0, 0.1) is 0 Å². The number of halogens is 3. The molecule has 7 nitrogen and oxygen atoms in total. The molecule has 0 bridgehead atoms. The molecule has 1 heterocycles. The summed E-state index contributed by atoms with van der Waals surface area (Å²) in [6.07, 6.45) is -1.87. The second-order valence-electron chi connectivity index (χ2n) is 9.82. The van der Waals surface area contributed by atoms with Crippen molar-refractivity contribution < 1.29 is 37.3 Å². The van der Waals surface area contributed by atoms with E-state index in [0.29, 0.717) is 37.5 Å². The summed E-state index contributed by atoms with van der Waals surface area (Å²) in [4.78, 5) is 27.6. The number of carboxylic acid groups (broad SMARTS) is 1. The summed E-state index contributed by atoms with van der Waals surface area (Å²) in [5.41, 5.74) is -0.570. The van der Waals surface area contributed by atoms with Gasteiger partial charge in [-0.1, -0.05) is 37.6 Å². The largest absolute Gasteiger partial charge is 0.494 e. The van der Waals surface area contributed by atoms with Crippen molar-refractivity contribution in [3.8, 4) is 5.75 Å². The zero-order valence-electron chi connectivity index (χ0n) is 22.0. The molecule has 0 aromatic heterocycles. The van der Waals surface area contributed by atoms with Gasteiger partial charge in [-0.25, -0.2) is 9.59 Å². The highest BCUT2D eigenvalue weighted by Gasteiger charge is 2.36. The Bertz CT molecular complexity index is 1080. The third kappa shape index (κ3) is 7.63. The number of unbranched alkanes of at least 4 members (excludes halogenated alkanes) is 1. The molecule has 0 spiro atoms. The van der Waals surface area contributed by atoms with Gasteiger partial charge in [0.2, 0.25) is 0 Å². The maximum Gasteiger partial charge on any atom is 0.416 e. The number of carbonyl (C=O) groups excluding carboxylic acids is 1. The SMILES string of the molecule is CCCCOC(C)(Cc1ccc(OCCC2CN(Cc3ccc(C(F)(F)F)cc3)C(=O)N2C)cc1)C(=O)O. The average molecular weight is 537 g/mol. The molecule has 2 amide bonds. The number of ether oxygens (including phenoxy) is 2. The Morgan fingerprint density at radius 1 is 1.05 bits per heavy atom. The number of alkyl halides is 3. The molecule has 0 radical (unpaired) electrons. The highest BCUT2D eigenvalue weighted by atomic mass is 19.4. The smallest absolute Gasteiger partial charge is 0.416 e. The van der Waals surface area contributed by atoms with Gasteiger partial charge < -0.3 is 24.4 Å². The van der Waals surface area contributed by atoms with Crippen molar-refractivity contribution in [3.63, 3.8) is 0 Å². The van der Waals surface area contributed by atoms with Gasteiger partial charge in [0.25, 0.3) is 0 Å². The van der Waals surface area contributed by atoms with Crippen LogP contribution in [-0.2, 0) is 28.7 Å². The molecule has 2 unspecified atom stereocenters. The van der Waals surface area contributed by atoms with Gasteiger partial charge in [0.1, 0.15) is 5.75 Å². The molecule has 1 saturated heterocycles. The lowest BCUT2D eigenvalue weighted by atomic mass is 9.96. The number of hydrogen-bond donors (Lipinski definition) is 1. The van der Waals surface area contributed by atoms with E-state index < -0.39 is 23.3 Å². The van der Waals surface area contributed by atoms with E-state index in [4.69, 9.17) is 9.47 Å². The van der Waals surface area contributed by atoms with Crippen LogP contribution in [0.3, 0.4) is 0 Å². The Labute approximate surface area is 221 Å². The van der Waals surface area contributed by atoms with Crippen molar-refractivity contribution in [1.82, 2.24) is 9.80 Å². The van der Waals surface area contributed by atoms with Gasteiger partial charge >= 0.3 is 18.2 Å². The predicted octanol–water partition coefficient (Wildman–Crippen LogP) is 5.61. The average Bonchev–Trinajstić information content (AvgIpc) is 3.13. The van der Waals surface area contributed by atoms with Gasteiger partial charge in [0.15, 0.2) is 5.60 Å². The molecule has 0 saturated carbocycles. The molecule has 10 heteroatoms. The number of amides is 2. The first-order chi connectivity index (χ1) is 17.9. The van der Waals surface area contributed by atoms with Crippen LogP contribution >= 0.6 is 0 Å². The molecule has 2 atom stereocenters. The topological polar surface area (TPSA) is 79.3 Å². The molecule has 1 fully saturated rings. The van der Waals surface area contributed by atoms with Gasteiger partial charge in [0.05, 0.1) is 18.2 Å². The predicted molar refractivity (Wildman–Crippen MR) is 136 cm³/mol. The second-order valence-corrected chi connectivity index (χ2v) is 9.82. The molecular formula is C28H35F3N2O5. The summed E-state index contributed by atoms with van der Waals surface area (Å²) in [6, 6.07) is 11.8. The van der Waals surface area contributed by atoms with Crippen molar-refractivity contribution >= 4 is 12.0 Å². The van der Waals surface area contributed by atoms with E-state index in [9.17, 15) is 27.9 Å². The first-order valence-electron chi connectivity index (χ1n) is 12.7. The summed E-state index contributed by atoms with van der Waals surface area (Å²) in [6.45, 7) is 5.03. The van der Waals surface area contributed by atoms with Crippen LogP contribution in [-0.4, -0.2) is 65.4 Å². The van der Waals surface area contributed by atoms with E-state index in [2.05, 4.69) is 0 Å². The molecule has 2 aromatic carbocycles. The Hall–Kier alpha value is -3.27. The van der Waals surface area contributed by atoms with Crippen molar-refractivity contribution in [2.45, 2.75) is 63.9 Å². The Balaban J connectivity index is 1.49. The van der Waals surface area contributed by atoms with E-state index in [1.54, 1.807) is 35.9 Å². The third-order valence-electron chi connectivity index (χ3n) is 6.76. The lowest BCUT2D eigenvalue weighted by Gasteiger charge is -2.25. The van der Waals surface area contributed by atoms with Crippen LogP contribution in [0.5, 0.6) is 5.75 Å². The van der Waals surface area contributed by atoms with E-state index >= 15 is 0 Å². The first-order valence-corrected chi connectivity index (χ1v) is 12.7. The van der Waals surface area contributed by atoms with Gasteiger partial charge in [-0.15, -0.1) is 0 Å². The number of carboxylic acids is 1. The van der Waals surface area contributed by atoms with Crippen molar-refractivity contribution in [3.05, 3.63) is 65.2 Å². The highest BCUT2D eigenvalue weighted by molar-refractivity contribution is 5.77. The van der Waals surface area contributed by atoms with Crippen LogP contribution in [0.2, 0.25) is 0 Å². The monoisotopic (exact) mass is 536 g/mol. The van der Waals surface area contributed by atoms with E-state index in [1.165, 1.54) is 12.1 Å². The van der Waals surface area contributed by atoms with Crippen molar-refractivity contribution in [1.29, 1.82) is 0 Å². The Morgan fingerprint density at radius 3 is 2.26 bits per heavy atom. The maximum absolute atomic E-state index is 12.8. The molecule has 1 aliphatic rings. The van der Waals surface area contributed by atoms with Crippen molar-refractivity contribution in [2.75, 3.05) is 26.8 Å². The number of carbonyl (C=O) groups is 2. The van der Waals surface area contributed by atoms with Gasteiger partial charge in [-0.2, -0.15) is 13.2 Å². The van der Waals surface area contributed by atoms with Crippen LogP contribution in [0.4, 0.5) is 18.0 Å². The minimum Gasteiger partial charge on any atom is -0.494 e. The van der Waals surface area contributed by atoms with Crippen LogP contribution < -0.4 is 4.74 Å². The second kappa shape index (κ2) is 12.5. The fraction of sp³-hybridized carbons (Fsp3) is 0.500. The zero-order valence-corrected chi connectivity index (χ0v) is 22.0. The Morgan fingerprint density at radius 2 is 1.68 bits per heavy atom. The standard InChI is InChI=1S/C28H35F3N2O5/c1-4-5-15-38-27(2,25(34)35)17-20-8-12-24(13-9-20)37-16-14-23-19-33(26(36)32(23)3)18-21-6-10-22(11-7-21)28(29,30)31/h6-13,23H,4-5,14-19H2,1-3H3,(H,34,35). The lowest BCUT2D eigenvalue weighted by Crippen LogP contribution is -2.41. The number of aliphatic carboxylic acids is 1. The van der Waals surface area contributed by atoms with Gasteiger partial charge in [0, 0.05) is 39.6 Å². The molecular weight excluding hydrogens is 501 g/mol. The number of urea groups is 1. The summed E-state index contributed by atoms with van der Waals surface area (Å²) < 4.78 is 49.9. The van der Waals surface area contributed by atoms with Crippen molar-refractivity contribution in [2.24, 2.45) is 0 Å². The number of benzene rings is 2. The summed E-state index contributed by atoms with van der Waals surface area (Å²) in [5.74, 6) is -0.372. The number of hydrogen-bond acceptors (Lipinski definition) is 4.